The average molecular weight is 339 g/mol. The van der Waals surface area contributed by atoms with E-state index in [0.29, 0.717) is 21.8 Å². The van der Waals surface area contributed by atoms with Crippen LogP contribution in [-0.2, 0) is 16.6 Å². The Bertz CT molecular complexity index is 494. The molecule has 4 nitrogen and oxygen atoms in total. The van der Waals surface area contributed by atoms with E-state index in [1.807, 2.05) is 0 Å². The highest BCUT2D eigenvalue weighted by Gasteiger charge is 2.23. The fourth-order valence-corrected chi connectivity index (χ4v) is 5.17. The zero-order valence-electron chi connectivity index (χ0n) is 9.28. The first kappa shape index (κ1) is 13.5. The van der Waals surface area contributed by atoms with E-state index in [1.165, 1.54) is 24.2 Å². The monoisotopic (exact) mass is 338 g/mol. The molecule has 2 rings (SSSR count). The molecule has 1 fully saturated rings. The standard InChI is InChI=1S/C10H15BrN2O2S2/c11-10-9(5-8(6-12)16-10)17(14,15)13-4-3-7-1-2-7/h5,7,13H,1-4,6,12H2. The lowest BCUT2D eigenvalue weighted by atomic mass is 10.3. The van der Waals surface area contributed by atoms with Gasteiger partial charge in [-0.05, 0) is 34.3 Å². The Morgan fingerprint density at radius 1 is 1.53 bits per heavy atom. The summed E-state index contributed by atoms with van der Waals surface area (Å²) in [5.74, 6) is 0.725. The Hall–Kier alpha value is 0.0500. The molecule has 0 saturated heterocycles. The van der Waals surface area contributed by atoms with Crippen LogP contribution in [0.2, 0.25) is 0 Å². The van der Waals surface area contributed by atoms with E-state index in [-0.39, 0.29) is 0 Å². The van der Waals surface area contributed by atoms with Gasteiger partial charge >= 0.3 is 0 Å². The highest BCUT2D eigenvalue weighted by molar-refractivity contribution is 9.11. The van der Waals surface area contributed by atoms with E-state index in [2.05, 4.69) is 20.7 Å². The van der Waals surface area contributed by atoms with Crippen molar-refractivity contribution in [3.63, 3.8) is 0 Å². The molecule has 0 bridgehead atoms. The van der Waals surface area contributed by atoms with Crippen LogP contribution in [0.15, 0.2) is 14.7 Å². The van der Waals surface area contributed by atoms with Crippen LogP contribution in [0.5, 0.6) is 0 Å². The molecule has 96 valence electrons. The van der Waals surface area contributed by atoms with Crippen LogP contribution in [-0.4, -0.2) is 15.0 Å². The number of hydrogen-bond donors (Lipinski definition) is 2. The summed E-state index contributed by atoms with van der Waals surface area (Å²) in [6, 6.07) is 1.63. The third-order valence-electron chi connectivity index (χ3n) is 2.74. The highest BCUT2D eigenvalue weighted by atomic mass is 79.9. The lowest BCUT2D eigenvalue weighted by Crippen LogP contribution is -2.25. The SMILES string of the molecule is NCc1cc(S(=O)(=O)NCCC2CC2)c(Br)s1. The molecule has 0 aliphatic heterocycles. The predicted octanol–water partition coefficient (Wildman–Crippen LogP) is 2.05. The molecule has 1 aliphatic carbocycles. The summed E-state index contributed by atoms with van der Waals surface area (Å²) < 4.78 is 27.3. The summed E-state index contributed by atoms with van der Waals surface area (Å²) in [4.78, 5) is 1.16. The van der Waals surface area contributed by atoms with Crippen molar-refractivity contribution < 1.29 is 8.42 Å². The van der Waals surface area contributed by atoms with Crippen LogP contribution in [0, 0.1) is 5.92 Å². The topological polar surface area (TPSA) is 72.2 Å². The molecule has 1 aromatic heterocycles. The van der Waals surface area contributed by atoms with Gasteiger partial charge in [0.1, 0.15) is 4.90 Å². The normalized spacial score (nSPS) is 16.4. The molecule has 3 N–H and O–H groups in total. The second kappa shape index (κ2) is 5.36. The smallest absolute Gasteiger partial charge is 0.242 e. The Morgan fingerprint density at radius 3 is 2.76 bits per heavy atom. The first-order valence-corrected chi connectivity index (χ1v) is 8.60. The molecule has 1 aliphatic rings. The Balaban J connectivity index is 2.03. The van der Waals surface area contributed by atoms with Crippen molar-refractivity contribution in [1.29, 1.82) is 0 Å². The molecular formula is C10H15BrN2O2S2. The molecule has 0 radical (unpaired) electrons. The van der Waals surface area contributed by atoms with Crippen molar-refractivity contribution in [2.24, 2.45) is 11.7 Å². The third-order valence-corrected chi connectivity index (χ3v) is 6.47. The molecular weight excluding hydrogens is 324 g/mol. The molecule has 0 amide bonds. The number of rotatable bonds is 6. The Kier molecular flexibility index (Phi) is 4.25. The molecule has 1 aromatic rings. The van der Waals surface area contributed by atoms with Crippen molar-refractivity contribution in [2.75, 3.05) is 6.54 Å². The maximum absolute atomic E-state index is 12.0. The minimum Gasteiger partial charge on any atom is -0.326 e. The van der Waals surface area contributed by atoms with Gasteiger partial charge in [0.25, 0.3) is 0 Å². The average Bonchev–Trinajstić information content (AvgIpc) is 2.99. The van der Waals surface area contributed by atoms with Gasteiger partial charge in [-0.3, -0.25) is 0 Å². The van der Waals surface area contributed by atoms with Gasteiger partial charge in [-0.1, -0.05) is 12.8 Å². The lowest BCUT2D eigenvalue weighted by Gasteiger charge is -2.04. The first-order valence-electron chi connectivity index (χ1n) is 5.51. The van der Waals surface area contributed by atoms with Crippen molar-refractivity contribution in [3.8, 4) is 0 Å². The summed E-state index contributed by atoms with van der Waals surface area (Å²) in [5.41, 5.74) is 5.50. The summed E-state index contributed by atoms with van der Waals surface area (Å²) in [7, 11) is -3.39. The minimum absolute atomic E-state index is 0.304. The number of halogens is 1. The molecule has 1 saturated carbocycles. The number of thiophene rings is 1. The summed E-state index contributed by atoms with van der Waals surface area (Å²) >= 11 is 4.64. The molecule has 0 spiro atoms. The highest BCUT2D eigenvalue weighted by Crippen LogP contribution is 2.33. The van der Waals surface area contributed by atoms with Crippen molar-refractivity contribution >= 4 is 37.3 Å². The Morgan fingerprint density at radius 2 is 2.24 bits per heavy atom. The van der Waals surface area contributed by atoms with Crippen molar-refractivity contribution in [3.05, 3.63) is 14.7 Å². The number of hydrogen-bond acceptors (Lipinski definition) is 4. The molecule has 1 heterocycles. The number of nitrogens with one attached hydrogen (secondary N) is 1. The van der Waals surface area contributed by atoms with Crippen LogP contribution in [0.4, 0.5) is 0 Å². The van der Waals surface area contributed by atoms with Gasteiger partial charge in [0, 0.05) is 18.0 Å². The van der Waals surface area contributed by atoms with E-state index in [4.69, 9.17) is 5.73 Å². The van der Waals surface area contributed by atoms with E-state index in [0.717, 1.165) is 17.2 Å². The number of sulfonamides is 1. The Labute approximate surface area is 114 Å². The van der Waals surface area contributed by atoms with Gasteiger partial charge in [-0.25, -0.2) is 13.1 Å². The van der Waals surface area contributed by atoms with Gasteiger partial charge in [0.05, 0.1) is 3.79 Å². The van der Waals surface area contributed by atoms with Crippen molar-refractivity contribution in [1.82, 2.24) is 4.72 Å². The second-order valence-corrected chi connectivity index (χ2v) is 8.37. The molecule has 17 heavy (non-hydrogen) atoms. The molecule has 0 unspecified atom stereocenters. The second-order valence-electron chi connectivity index (χ2n) is 4.18. The summed E-state index contributed by atoms with van der Waals surface area (Å²) in [5, 5.41) is 0. The maximum Gasteiger partial charge on any atom is 0.242 e. The van der Waals surface area contributed by atoms with Crippen molar-refractivity contribution in [2.45, 2.75) is 30.7 Å². The molecule has 7 heteroatoms. The van der Waals surface area contributed by atoms with Crippen LogP contribution >= 0.6 is 27.3 Å². The third kappa shape index (κ3) is 3.51. The summed E-state index contributed by atoms with van der Waals surface area (Å²) in [6.45, 7) is 0.883. The quantitative estimate of drug-likeness (QED) is 0.833. The minimum atomic E-state index is -3.39. The molecule has 0 aromatic carbocycles. The van der Waals surface area contributed by atoms with Crippen LogP contribution < -0.4 is 10.5 Å². The van der Waals surface area contributed by atoms with Gasteiger partial charge in [0.2, 0.25) is 10.0 Å². The first-order chi connectivity index (χ1) is 8.03. The van der Waals surface area contributed by atoms with Gasteiger partial charge < -0.3 is 5.73 Å². The van der Waals surface area contributed by atoms with E-state index in [1.54, 1.807) is 6.07 Å². The lowest BCUT2D eigenvalue weighted by molar-refractivity contribution is 0.575. The zero-order chi connectivity index (χ0) is 12.5. The van der Waals surface area contributed by atoms with Gasteiger partial charge in [-0.2, -0.15) is 0 Å². The fourth-order valence-electron chi connectivity index (χ4n) is 1.56. The largest absolute Gasteiger partial charge is 0.326 e. The maximum atomic E-state index is 12.0. The zero-order valence-corrected chi connectivity index (χ0v) is 12.5. The summed E-state index contributed by atoms with van der Waals surface area (Å²) in [6.07, 6.45) is 3.41. The fraction of sp³-hybridized carbons (Fsp3) is 0.600. The van der Waals surface area contributed by atoms with E-state index < -0.39 is 10.0 Å². The predicted molar refractivity (Wildman–Crippen MR) is 72.4 cm³/mol. The van der Waals surface area contributed by atoms with Crippen LogP contribution in [0.3, 0.4) is 0 Å². The van der Waals surface area contributed by atoms with Crippen LogP contribution in [0.1, 0.15) is 24.1 Å². The number of nitrogens with two attached hydrogens (primary N) is 1. The van der Waals surface area contributed by atoms with Gasteiger partial charge in [-0.15, -0.1) is 11.3 Å². The molecule has 0 atom stereocenters. The van der Waals surface area contributed by atoms with Crippen LogP contribution in [0.25, 0.3) is 0 Å². The van der Waals surface area contributed by atoms with Gasteiger partial charge in [0.15, 0.2) is 0 Å². The van der Waals surface area contributed by atoms with E-state index in [9.17, 15) is 8.42 Å². The van der Waals surface area contributed by atoms with E-state index >= 15 is 0 Å².